The number of halogens is 1. The fourth-order valence-corrected chi connectivity index (χ4v) is 2.67. The van der Waals surface area contributed by atoms with Crippen LogP contribution >= 0.6 is 11.6 Å². The van der Waals surface area contributed by atoms with E-state index in [-0.39, 0.29) is 0 Å². The molecule has 5 nitrogen and oxygen atoms in total. The molecule has 0 spiro atoms. The van der Waals surface area contributed by atoms with Crippen LogP contribution in [0.4, 0.5) is 5.82 Å². The number of nitrogens with one attached hydrogen (secondary N) is 1. The van der Waals surface area contributed by atoms with Crippen molar-refractivity contribution in [3.63, 3.8) is 0 Å². The van der Waals surface area contributed by atoms with Crippen LogP contribution in [0.3, 0.4) is 0 Å². The molecule has 0 atom stereocenters. The van der Waals surface area contributed by atoms with Gasteiger partial charge in [0.15, 0.2) is 0 Å². The fourth-order valence-electron chi connectivity index (χ4n) is 2.36. The van der Waals surface area contributed by atoms with Gasteiger partial charge in [0.2, 0.25) is 0 Å². The molecule has 0 saturated carbocycles. The number of fused-ring (bicyclic) bond motifs is 1. The molecule has 1 N–H and O–H groups in total. The first-order valence-corrected chi connectivity index (χ1v) is 6.69. The van der Waals surface area contributed by atoms with Crippen molar-refractivity contribution in [3.05, 3.63) is 41.1 Å². The van der Waals surface area contributed by atoms with Gasteiger partial charge in [0.05, 0.1) is 11.6 Å². The summed E-state index contributed by atoms with van der Waals surface area (Å²) in [7, 11) is 1.91. The topological polar surface area (TPSA) is 46.0 Å². The first kappa shape index (κ1) is 12.4. The van der Waals surface area contributed by atoms with Gasteiger partial charge in [-0.1, -0.05) is 11.6 Å². The number of pyridine rings is 1. The molecule has 3 rings (SSSR count). The number of aromatic nitrogens is 3. The fraction of sp³-hybridized carbons (Fsp3) is 0.385. The molecule has 0 unspecified atom stereocenters. The van der Waals surface area contributed by atoms with Crippen LogP contribution in [-0.2, 0) is 19.6 Å². The van der Waals surface area contributed by atoms with E-state index in [1.807, 2.05) is 31.7 Å². The van der Waals surface area contributed by atoms with E-state index in [0.29, 0.717) is 5.02 Å². The zero-order valence-electron chi connectivity index (χ0n) is 10.8. The number of rotatable bonds is 3. The average molecular weight is 278 g/mol. The third kappa shape index (κ3) is 2.43. The summed E-state index contributed by atoms with van der Waals surface area (Å²) in [5, 5.41) is 3.80. The minimum atomic E-state index is 0.702. The standard InChI is InChI=1S/C13H16ClN5/c1-15-7-10-6-11(14)13(17-8-10)19-5-4-18-3-2-16-12(18)9-19/h2-3,6,8,15H,4-5,7,9H2,1H3. The number of anilines is 1. The van der Waals surface area contributed by atoms with Gasteiger partial charge in [-0.2, -0.15) is 0 Å². The third-order valence-corrected chi connectivity index (χ3v) is 3.58. The number of nitrogens with zero attached hydrogens (tertiary/aromatic N) is 4. The minimum absolute atomic E-state index is 0.702. The van der Waals surface area contributed by atoms with Crippen molar-refractivity contribution in [1.29, 1.82) is 0 Å². The Balaban J connectivity index is 1.83. The lowest BCUT2D eigenvalue weighted by Gasteiger charge is -2.29. The molecule has 0 aromatic carbocycles. The average Bonchev–Trinajstić information content (AvgIpc) is 2.86. The molecule has 0 radical (unpaired) electrons. The van der Waals surface area contributed by atoms with Gasteiger partial charge in [0.25, 0.3) is 0 Å². The van der Waals surface area contributed by atoms with Crippen LogP contribution in [0.2, 0.25) is 5.02 Å². The summed E-state index contributed by atoms with van der Waals surface area (Å²) in [6.07, 6.45) is 5.72. The van der Waals surface area contributed by atoms with Crippen molar-refractivity contribution < 1.29 is 0 Å². The second kappa shape index (κ2) is 5.19. The third-order valence-electron chi connectivity index (χ3n) is 3.30. The maximum Gasteiger partial charge on any atom is 0.147 e. The maximum absolute atomic E-state index is 6.34. The Hall–Kier alpha value is -1.59. The normalized spacial score (nSPS) is 14.5. The monoisotopic (exact) mass is 277 g/mol. The maximum atomic E-state index is 6.34. The first-order chi connectivity index (χ1) is 9.28. The molecule has 1 aliphatic rings. The summed E-state index contributed by atoms with van der Waals surface area (Å²) in [6, 6.07) is 1.97. The van der Waals surface area contributed by atoms with Crippen LogP contribution in [0, 0.1) is 0 Å². The van der Waals surface area contributed by atoms with Crippen molar-refractivity contribution >= 4 is 17.4 Å². The van der Waals surface area contributed by atoms with Crippen LogP contribution in [0.1, 0.15) is 11.4 Å². The van der Waals surface area contributed by atoms with Gasteiger partial charge >= 0.3 is 0 Å². The predicted octanol–water partition coefficient (Wildman–Crippen LogP) is 1.67. The zero-order valence-corrected chi connectivity index (χ0v) is 11.6. The Kier molecular flexibility index (Phi) is 3.40. The van der Waals surface area contributed by atoms with Gasteiger partial charge in [-0.25, -0.2) is 9.97 Å². The summed E-state index contributed by atoms with van der Waals surface area (Å²) in [5.41, 5.74) is 1.09. The molecule has 19 heavy (non-hydrogen) atoms. The van der Waals surface area contributed by atoms with Gasteiger partial charge in [0.1, 0.15) is 11.6 Å². The largest absolute Gasteiger partial charge is 0.346 e. The molecular formula is C13H16ClN5. The number of hydrogen-bond acceptors (Lipinski definition) is 4. The van der Waals surface area contributed by atoms with E-state index in [1.165, 1.54) is 0 Å². The van der Waals surface area contributed by atoms with Crippen molar-refractivity contribution in [2.75, 3.05) is 18.5 Å². The molecule has 100 valence electrons. The lowest BCUT2D eigenvalue weighted by Crippen LogP contribution is -2.34. The van der Waals surface area contributed by atoms with Crippen LogP contribution in [-0.4, -0.2) is 28.1 Å². The summed E-state index contributed by atoms with van der Waals surface area (Å²) >= 11 is 6.34. The Morgan fingerprint density at radius 3 is 3.05 bits per heavy atom. The molecule has 2 aromatic heterocycles. The van der Waals surface area contributed by atoms with Crippen LogP contribution in [0.5, 0.6) is 0 Å². The van der Waals surface area contributed by atoms with Gasteiger partial charge in [0, 0.05) is 38.2 Å². The summed E-state index contributed by atoms with van der Waals surface area (Å²) in [6.45, 7) is 3.36. The molecule has 2 aromatic rings. The highest BCUT2D eigenvalue weighted by atomic mass is 35.5. The lowest BCUT2D eigenvalue weighted by molar-refractivity contribution is 0.556. The van der Waals surface area contributed by atoms with E-state index >= 15 is 0 Å². The highest BCUT2D eigenvalue weighted by Gasteiger charge is 2.19. The van der Waals surface area contributed by atoms with Crippen molar-refractivity contribution in [3.8, 4) is 0 Å². The Morgan fingerprint density at radius 1 is 1.37 bits per heavy atom. The molecule has 0 saturated heterocycles. The smallest absolute Gasteiger partial charge is 0.147 e. The highest BCUT2D eigenvalue weighted by Crippen LogP contribution is 2.26. The van der Waals surface area contributed by atoms with Crippen LogP contribution in [0.25, 0.3) is 0 Å². The lowest BCUT2D eigenvalue weighted by atomic mass is 10.2. The van der Waals surface area contributed by atoms with Gasteiger partial charge in [-0.15, -0.1) is 0 Å². The summed E-state index contributed by atoms with van der Waals surface area (Å²) in [4.78, 5) is 11.0. The molecule has 6 heteroatoms. The second-order valence-electron chi connectivity index (χ2n) is 4.64. The number of imidazole rings is 1. The van der Waals surface area contributed by atoms with Crippen LogP contribution < -0.4 is 10.2 Å². The molecule has 0 amide bonds. The van der Waals surface area contributed by atoms with Gasteiger partial charge in [-0.05, 0) is 18.7 Å². The van der Waals surface area contributed by atoms with E-state index in [1.54, 1.807) is 0 Å². The quantitative estimate of drug-likeness (QED) is 0.927. The van der Waals surface area contributed by atoms with Crippen LogP contribution in [0.15, 0.2) is 24.7 Å². The first-order valence-electron chi connectivity index (χ1n) is 6.32. The SMILES string of the molecule is CNCc1cnc(N2CCn3ccnc3C2)c(Cl)c1. The van der Waals surface area contributed by atoms with Crippen molar-refractivity contribution in [2.45, 2.75) is 19.6 Å². The second-order valence-corrected chi connectivity index (χ2v) is 5.04. The van der Waals surface area contributed by atoms with E-state index in [9.17, 15) is 0 Å². The number of hydrogen-bond donors (Lipinski definition) is 1. The highest BCUT2D eigenvalue weighted by molar-refractivity contribution is 6.33. The molecular weight excluding hydrogens is 262 g/mol. The molecule has 0 aliphatic carbocycles. The molecule has 3 heterocycles. The minimum Gasteiger partial charge on any atom is -0.346 e. The van der Waals surface area contributed by atoms with Gasteiger partial charge in [-0.3, -0.25) is 0 Å². The Labute approximate surface area is 117 Å². The van der Waals surface area contributed by atoms with E-state index in [4.69, 9.17) is 11.6 Å². The molecule has 1 aliphatic heterocycles. The molecule has 0 bridgehead atoms. The van der Waals surface area contributed by atoms with Crippen molar-refractivity contribution in [1.82, 2.24) is 19.9 Å². The van der Waals surface area contributed by atoms with E-state index in [2.05, 4.69) is 24.8 Å². The Bertz CT molecular complexity index is 580. The van der Waals surface area contributed by atoms with Gasteiger partial charge < -0.3 is 14.8 Å². The predicted molar refractivity (Wildman–Crippen MR) is 75.3 cm³/mol. The Morgan fingerprint density at radius 2 is 2.26 bits per heavy atom. The van der Waals surface area contributed by atoms with E-state index in [0.717, 1.165) is 43.4 Å². The summed E-state index contributed by atoms with van der Waals surface area (Å²) in [5.74, 6) is 1.90. The van der Waals surface area contributed by atoms with Crippen molar-refractivity contribution in [2.24, 2.45) is 0 Å². The molecule has 0 fully saturated rings. The summed E-state index contributed by atoms with van der Waals surface area (Å²) < 4.78 is 2.17. The zero-order chi connectivity index (χ0) is 13.2. The van der Waals surface area contributed by atoms with E-state index < -0.39 is 0 Å².